The van der Waals surface area contributed by atoms with E-state index in [4.69, 9.17) is 9.92 Å². The average Bonchev–Trinajstić information content (AvgIpc) is 2.33. The normalized spacial score (nSPS) is 12.5. The van der Waals surface area contributed by atoms with Crippen molar-refractivity contribution < 1.29 is 22.5 Å². The molecule has 1 amide bonds. The van der Waals surface area contributed by atoms with Crippen molar-refractivity contribution in [3.8, 4) is 5.75 Å². The second-order valence-corrected chi connectivity index (χ2v) is 7.37. The van der Waals surface area contributed by atoms with Crippen molar-refractivity contribution in [2.24, 2.45) is 5.73 Å². The SMILES string of the molecule is CC(C)(C)OS(=O)(=O)c1ccc2cc(O)ccc2c1C(N)=O. The summed E-state index contributed by atoms with van der Waals surface area (Å²) < 4.78 is 29.9. The van der Waals surface area contributed by atoms with Gasteiger partial charge in [-0.2, -0.15) is 8.42 Å². The van der Waals surface area contributed by atoms with Crippen molar-refractivity contribution in [3.05, 3.63) is 35.9 Å². The van der Waals surface area contributed by atoms with Gasteiger partial charge in [-0.05, 0) is 55.8 Å². The molecule has 0 fully saturated rings. The fraction of sp³-hybridized carbons (Fsp3) is 0.267. The Labute approximate surface area is 128 Å². The summed E-state index contributed by atoms with van der Waals surface area (Å²) in [6.07, 6.45) is 0. The molecular formula is C15H17NO5S. The zero-order valence-electron chi connectivity index (χ0n) is 12.5. The van der Waals surface area contributed by atoms with Crippen LogP contribution >= 0.6 is 0 Å². The summed E-state index contributed by atoms with van der Waals surface area (Å²) in [5.41, 5.74) is 4.26. The van der Waals surface area contributed by atoms with Crippen LogP contribution in [0.3, 0.4) is 0 Å². The Morgan fingerprint density at radius 2 is 1.82 bits per heavy atom. The first kappa shape index (κ1) is 16.3. The van der Waals surface area contributed by atoms with E-state index in [2.05, 4.69) is 0 Å². The van der Waals surface area contributed by atoms with Crippen LogP contribution in [0, 0.1) is 0 Å². The van der Waals surface area contributed by atoms with Gasteiger partial charge in [0.15, 0.2) is 0 Å². The number of carbonyl (C=O) groups is 1. The Kier molecular flexibility index (Phi) is 3.88. The summed E-state index contributed by atoms with van der Waals surface area (Å²) in [4.78, 5) is 11.5. The predicted octanol–water partition coefficient (Wildman–Crippen LogP) is 2.15. The smallest absolute Gasteiger partial charge is 0.298 e. The van der Waals surface area contributed by atoms with E-state index >= 15 is 0 Å². The molecule has 0 radical (unpaired) electrons. The fourth-order valence-electron chi connectivity index (χ4n) is 2.13. The van der Waals surface area contributed by atoms with Gasteiger partial charge in [0, 0.05) is 0 Å². The lowest BCUT2D eigenvalue weighted by Gasteiger charge is -2.20. The molecule has 0 aromatic heterocycles. The van der Waals surface area contributed by atoms with Gasteiger partial charge in [0.05, 0.1) is 11.2 Å². The third-order valence-corrected chi connectivity index (χ3v) is 4.44. The van der Waals surface area contributed by atoms with Crippen LogP contribution in [0.2, 0.25) is 0 Å². The third-order valence-electron chi connectivity index (χ3n) is 2.84. The zero-order valence-corrected chi connectivity index (χ0v) is 13.3. The van der Waals surface area contributed by atoms with Gasteiger partial charge in [0.1, 0.15) is 10.6 Å². The molecule has 0 aliphatic heterocycles. The van der Waals surface area contributed by atoms with E-state index in [-0.39, 0.29) is 16.2 Å². The van der Waals surface area contributed by atoms with Crippen LogP contribution in [0.4, 0.5) is 0 Å². The second kappa shape index (κ2) is 5.26. The summed E-state index contributed by atoms with van der Waals surface area (Å²) >= 11 is 0. The maximum atomic E-state index is 12.4. The molecule has 118 valence electrons. The number of rotatable bonds is 3. The van der Waals surface area contributed by atoms with Crippen molar-refractivity contribution in [1.82, 2.24) is 0 Å². The van der Waals surface area contributed by atoms with Crippen LogP contribution < -0.4 is 5.73 Å². The Morgan fingerprint density at radius 3 is 2.36 bits per heavy atom. The highest BCUT2D eigenvalue weighted by molar-refractivity contribution is 7.87. The summed E-state index contributed by atoms with van der Waals surface area (Å²) in [6, 6.07) is 6.96. The number of fused-ring (bicyclic) bond motifs is 1. The third kappa shape index (κ3) is 3.20. The molecule has 0 aliphatic rings. The van der Waals surface area contributed by atoms with Gasteiger partial charge < -0.3 is 10.8 Å². The minimum atomic E-state index is -4.16. The van der Waals surface area contributed by atoms with Gasteiger partial charge in [-0.25, -0.2) is 0 Å². The second-order valence-electron chi connectivity index (χ2n) is 5.86. The summed E-state index contributed by atoms with van der Waals surface area (Å²) in [7, 11) is -4.16. The number of aromatic hydroxyl groups is 1. The first-order chi connectivity index (χ1) is 10.0. The van der Waals surface area contributed by atoms with Crippen molar-refractivity contribution in [3.63, 3.8) is 0 Å². The molecule has 3 N–H and O–H groups in total. The quantitative estimate of drug-likeness (QED) is 0.842. The number of hydrogen-bond acceptors (Lipinski definition) is 5. The lowest BCUT2D eigenvalue weighted by molar-refractivity contribution is 0.0995. The maximum absolute atomic E-state index is 12.4. The Bertz CT molecular complexity index is 850. The molecule has 0 atom stereocenters. The molecule has 7 heteroatoms. The number of phenols is 1. The topological polar surface area (TPSA) is 107 Å². The van der Waals surface area contributed by atoms with Crippen LogP contribution in [-0.2, 0) is 14.3 Å². The molecule has 6 nitrogen and oxygen atoms in total. The maximum Gasteiger partial charge on any atom is 0.298 e. The average molecular weight is 323 g/mol. The lowest BCUT2D eigenvalue weighted by Crippen LogP contribution is -2.26. The molecule has 0 aliphatic carbocycles. The molecule has 22 heavy (non-hydrogen) atoms. The molecule has 2 aromatic rings. The van der Waals surface area contributed by atoms with Crippen LogP contribution in [0.1, 0.15) is 31.1 Å². The Hall–Kier alpha value is -2.12. The van der Waals surface area contributed by atoms with Gasteiger partial charge in [-0.15, -0.1) is 0 Å². The highest BCUT2D eigenvalue weighted by atomic mass is 32.2. The van der Waals surface area contributed by atoms with E-state index in [0.717, 1.165) is 0 Å². The van der Waals surface area contributed by atoms with Gasteiger partial charge >= 0.3 is 0 Å². The number of hydrogen-bond donors (Lipinski definition) is 2. The summed E-state index contributed by atoms with van der Waals surface area (Å²) in [5, 5.41) is 10.3. The highest BCUT2D eigenvalue weighted by Gasteiger charge is 2.29. The Morgan fingerprint density at radius 1 is 1.18 bits per heavy atom. The fourth-order valence-corrected chi connectivity index (χ4v) is 3.58. The van der Waals surface area contributed by atoms with Crippen molar-refractivity contribution in [2.45, 2.75) is 31.3 Å². The number of amides is 1. The van der Waals surface area contributed by atoms with Crippen LogP contribution in [0.25, 0.3) is 10.8 Å². The standard InChI is InChI=1S/C15H17NO5S/c1-15(2,3)21-22(19,20)12-7-4-9-8-10(17)5-6-11(9)13(12)14(16)18/h4-8,17H,1-3H3,(H2,16,18). The molecule has 0 saturated carbocycles. The van der Waals surface area contributed by atoms with Crippen molar-refractivity contribution in [1.29, 1.82) is 0 Å². The molecule has 0 spiro atoms. The highest BCUT2D eigenvalue weighted by Crippen LogP contribution is 2.30. The zero-order chi connectivity index (χ0) is 16.7. The molecule has 2 aromatic carbocycles. The lowest BCUT2D eigenvalue weighted by atomic mass is 10.0. The molecule has 0 saturated heterocycles. The number of carbonyl (C=O) groups excluding carboxylic acids is 1. The van der Waals surface area contributed by atoms with Crippen LogP contribution in [0.5, 0.6) is 5.75 Å². The summed E-state index contributed by atoms with van der Waals surface area (Å²) in [5.74, 6) is -0.878. The number of primary amides is 1. The molecule has 0 heterocycles. The van der Waals surface area contributed by atoms with Gasteiger partial charge in [-0.3, -0.25) is 8.98 Å². The van der Waals surface area contributed by atoms with Crippen molar-refractivity contribution >= 4 is 26.8 Å². The number of nitrogens with two attached hydrogens (primary N) is 1. The van der Waals surface area contributed by atoms with Crippen LogP contribution in [0.15, 0.2) is 35.2 Å². The van der Waals surface area contributed by atoms with E-state index < -0.39 is 21.6 Å². The van der Waals surface area contributed by atoms with E-state index in [1.165, 1.54) is 30.3 Å². The van der Waals surface area contributed by atoms with E-state index in [1.54, 1.807) is 20.8 Å². The van der Waals surface area contributed by atoms with Gasteiger partial charge in [-0.1, -0.05) is 6.07 Å². The van der Waals surface area contributed by atoms with E-state index in [0.29, 0.717) is 10.8 Å². The molecule has 2 rings (SSSR count). The molecule has 0 unspecified atom stereocenters. The predicted molar refractivity (Wildman–Crippen MR) is 82.2 cm³/mol. The van der Waals surface area contributed by atoms with Gasteiger partial charge in [0.25, 0.3) is 16.0 Å². The van der Waals surface area contributed by atoms with Gasteiger partial charge in [0.2, 0.25) is 0 Å². The minimum Gasteiger partial charge on any atom is -0.508 e. The number of phenolic OH excluding ortho intramolecular Hbond substituents is 1. The van der Waals surface area contributed by atoms with Crippen LogP contribution in [-0.4, -0.2) is 25.0 Å². The minimum absolute atomic E-state index is 0.00414. The number of benzene rings is 2. The first-order valence-corrected chi connectivity index (χ1v) is 7.93. The van der Waals surface area contributed by atoms with E-state index in [9.17, 15) is 18.3 Å². The largest absolute Gasteiger partial charge is 0.508 e. The Balaban J connectivity index is 2.77. The molecule has 0 bridgehead atoms. The summed E-state index contributed by atoms with van der Waals surface area (Å²) in [6.45, 7) is 4.77. The monoisotopic (exact) mass is 323 g/mol. The molecular weight excluding hydrogens is 306 g/mol. The first-order valence-electron chi connectivity index (χ1n) is 6.52. The van der Waals surface area contributed by atoms with Crippen molar-refractivity contribution in [2.75, 3.05) is 0 Å². The van der Waals surface area contributed by atoms with E-state index in [1.807, 2.05) is 0 Å².